The number of nitrogen functional groups attached to an aromatic ring is 1. The van der Waals surface area contributed by atoms with Crippen molar-refractivity contribution in [1.82, 2.24) is 9.97 Å². The van der Waals surface area contributed by atoms with Crippen molar-refractivity contribution in [3.05, 3.63) is 76.7 Å². The van der Waals surface area contributed by atoms with Gasteiger partial charge >= 0.3 is 0 Å². The topological polar surface area (TPSA) is 51.8 Å². The highest BCUT2D eigenvalue weighted by molar-refractivity contribution is 7.18. The summed E-state index contributed by atoms with van der Waals surface area (Å²) in [6.07, 6.45) is 0.890. The molecule has 4 aromatic rings. The summed E-state index contributed by atoms with van der Waals surface area (Å²) >= 11 is 1.69. The average Bonchev–Trinajstić information content (AvgIpc) is 2.99. The smallest absolute Gasteiger partial charge is 0.163 e. The number of nitrogens with zero attached hydrogens (tertiary/aromatic N) is 2. The Kier molecular flexibility index (Phi) is 3.75. The van der Waals surface area contributed by atoms with E-state index in [1.165, 1.54) is 16.0 Å². The van der Waals surface area contributed by atoms with Gasteiger partial charge in [0.05, 0.1) is 5.39 Å². The molecule has 4 heteroatoms. The summed E-state index contributed by atoms with van der Waals surface area (Å²) in [5, 5.41) is 0.947. The molecule has 3 nitrogen and oxygen atoms in total. The minimum absolute atomic E-state index is 0.548. The second-order valence-corrected chi connectivity index (χ2v) is 7.01. The molecule has 0 bridgehead atoms. The van der Waals surface area contributed by atoms with Crippen LogP contribution in [0, 0.1) is 6.92 Å². The summed E-state index contributed by atoms with van der Waals surface area (Å²) in [6, 6.07) is 20.7. The molecular formula is C20H17N3S. The first-order valence-electron chi connectivity index (χ1n) is 7.86. The molecule has 4 rings (SSSR count). The van der Waals surface area contributed by atoms with E-state index >= 15 is 0 Å². The lowest BCUT2D eigenvalue weighted by Crippen LogP contribution is -1.96. The maximum Gasteiger partial charge on any atom is 0.163 e. The summed E-state index contributed by atoms with van der Waals surface area (Å²) in [6.45, 7) is 2.06. The molecule has 0 atom stereocenters. The Balaban J connectivity index is 1.75. The zero-order chi connectivity index (χ0) is 16.5. The number of nitrogens with two attached hydrogens (primary N) is 1. The maximum atomic E-state index is 6.19. The molecule has 0 saturated heterocycles. The van der Waals surface area contributed by atoms with E-state index in [0.29, 0.717) is 11.6 Å². The highest BCUT2D eigenvalue weighted by Crippen LogP contribution is 2.31. The molecule has 0 saturated carbocycles. The minimum Gasteiger partial charge on any atom is -0.383 e. The largest absolute Gasteiger partial charge is 0.383 e. The van der Waals surface area contributed by atoms with Crippen LogP contribution >= 0.6 is 11.3 Å². The lowest BCUT2D eigenvalue weighted by atomic mass is 10.1. The normalized spacial score (nSPS) is 11.0. The van der Waals surface area contributed by atoms with Crippen molar-refractivity contribution < 1.29 is 0 Å². The second kappa shape index (κ2) is 6.06. The summed E-state index contributed by atoms with van der Waals surface area (Å²) in [4.78, 5) is 11.4. The van der Waals surface area contributed by atoms with E-state index in [9.17, 15) is 0 Å². The van der Waals surface area contributed by atoms with Crippen LogP contribution in [0.2, 0.25) is 0 Å². The summed E-state index contributed by atoms with van der Waals surface area (Å²) < 4.78 is 0. The number of aromatic nitrogens is 2. The first-order valence-corrected chi connectivity index (χ1v) is 8.67. The second-order valence-electron chi connectivity index (χ2n) is 5.90. The molecule has 0 unspecified atom stereocenters. The zero-order valence-corrected chi connectivity index (χ0v) is 14.2. The Morgan fingerprint density at radius 2 is 1.79 bits per heavy atom. The lowest BCUT2D eigenvalue weighted by molar-refractivity contribution is 1.23. The van der Waals surface area contributed by atoms with E-state index in [2.05, 4.69) is 54.4 Å². The maximum absolute atomic E-state index is 6.19. The monoisotopic (exact) mass is 331 g/mol. The number of hydrogen-bond acceptors (Lipinski definition) is 4. The quantitative estimate of drug-likeness (QED) is 0.584. The van der Waals surface area contributed by atoms with Crippen molar-refractivity contribution in [1.29, 1.82) is 0 Å². The van der Waals surface area contributed by atoms with Crippen molar-refractivity contribution >= 4 is 27.4 Å². The molecule has 118 valence electrons. The van der Waals surface area contributed by atoms with E-state index in [0.717, 1.165) is 22.2 Å². The predicted molar refractivity (Wildman–Crippen MR) is 101 cm³/mol. The fraction of sp³-hybridized carbons (Fsp3) is 0.100. The first kappa shape index (κ1) is 14.8. The van der Waals surface area contributed by atoms with Crippen LogP contribution in [-0.4, -0.2) is 9.97 Å². The van der Waals surface area contributed by atoms with Gasteiger partial charge in [-0.3, -0.25) is 0 Å². The Labute approximate surface area is 144 Å². The Morgan fingerprint density at radius 3 is 2.58 bits per heavy atom. The molecule has 2 N–H and O–H groups in total. The molecule has 2 aromatic heterocycles. The zero-order valence-electron chi connectivity index (χ0n) is 13.4. The van der Waals surface area contributed by atoms with Crippen LogP contribution in [0.3, 0.4) is 0 Å². The molecule has 2 aromatic carbocycles. The van der Waals surface area contributed by atoms with Gasteiger partial charge in [0, 0.05) is 16.9 Å². The average molecular weight is 331 g/mol. The number of hydrogen-bond donors (Lipinski definition) is 1. The molecule has 2 heterocycles. The van der Waals surface area contributed by atoms with Crippen molar-refractivity contribution in [2.75, 3.05) is 5.73 Å². The highest BCUT2D eigenvalue weighted by atomic mass is 32.1. The van der Waals surface area contributed by atoms with Gasteiger partial charge in [-0.1, -0.05) is 54.1 Å². The highest BCUT2D eigenvalue weighted by Gasteiger charge is 2.11. The fourth-order valence-corrected chi connectivity index (χ4v) is 3.86. The van der Waals surface area contributed by atoms with Crippen LogP contribution in [0.1, 0.15) is 16.0 Å². The molecule has 0 spiro atoms. The van der Waals surface area contributed by atoms with Crippen LogP contribution in [0.4, 0.5) is 5.82 Å². The number of fused-ring (bicyclic) bond motifs is 1. The number of benzene rings is 2. The molecule has 0 aliphatic heterocycles. The molecule has 0 amide bonds. The third-order valence-corrected chi connectivity index (χ3v) is 5.00. The van der Waals surface area contributed by atoms with Crippen LogP contribution in [0.15, 0.2) is 60.7 Å². The first-order chi connectivity index (χ1) is 11.7. The van der Waals surface area contributed by atoms with Crippen molar-refractivity contribution in [3.63, 3.8) is 0 Å². The van der Waals surface area contributed by atoms with Crippen LogP contribution in [-0.2, 0) is 6.42 Å². The van der Waals surface area contributed by atoms with Crippen LogP contribution in [0.5, 0.6) is 0 Å². The summed E-state index contributed by atoms with van der Waals surface area (Å²) in [7, 11) is 0. The van der Waals surface area contributed by atoms with Gasteiger partial charge < -0.3 is 5.73 Å². The molecule has 0 aliphatic rings. The van der Waals surface area contributed by atoms with Gasteiger partial charge in [0.2, 0.25) is 0 Å². The van der Waals surface area contributed by atoms with E-state index in [1.807, 2.05) is 18.2 Å². The Morgan fingerprint density at radius 1 is 0.958 bits per heavy atom. The molecule has 0 aliphatic carbocycles. The number of anilines is 1. The number of rotatable bonds is 3. The van der Waals surface area contributed by atoms with Crippen molar-refractivity contribution in [3.8, 4) is 11.4 Å². The third kappa shape index (κ3) is 2.88. The van der Waals surface area contributed by atoms with Crippen LogP contribution in [0.25, 0.3) is 21.6 Å². The summed E-state index contributed by atoms with van der Waals surface area (Å²) in [5.41, 5.74) is 9.67. The molecule has 24 heavy (non-hydrogen) atoms. The van der Waals surface area contributed by atoms with Crippen molar-refractivity contribution in [2.45, 2.75) is 13.3 Å². The SMILES string of the molecule is Cc1cccc(-c2nc(N)c3cc(Cc4ccccc4)sc3n2)c1. The summed E-state index contributed by atoms with van der Waals surface area (Å²) in [5.74, 6) is 1.24. The third-order valence-electron chi connectivity index (χ3n) is 3.97. The van der Waals surface area contributed by atoms with Gasteiger partial charge in [-0.15, -0.1) is 11.3 Å². The van der Waals surface area contributed by atoms with E-state index < -0.39 is 0 Å². The predicted octanol–water partition coefficient (Wildman–Crippen LogP) is 4.84. The number of thiophene rings is 1. The Bertz CT molecular complexity index is 1010. The lowest BCUT2D eigenvalue weighted by Gasteiger charge is -2.03. The number of aryl methyl sites for hydroxylation is 1. The van der Waals surface area contributed by atoms with Crippen molar-refractivity contribution in [2.24, 2.45) is 0 Å². The Hall–Kier alpha value is -2.72. The molecule has 0 radical (unpaired) electrons. The standard InChI is InChI=1S/C20H17N3S/c1-13-6-5-9-15(10-13)19-22-18(21)17-12-16(24-20(17)23-19)11-14-7-3-2-4-8-14/h2-10,12H,11H2,1H3,(H2,21,22,23). The van der Waals surface area contributed by atoms with Gasteiger partial charge in [-0.05, 0) is 24.6 Å². The van der Waals surface area contributed by atoms with Gasteiger partial charge in [-0.25, -0.2) is 9.97 Å². The van der Waals surface area contributed by atoms with Gasteiger partial charge in [-0.2, -0.15) is 0 Å². The fourth-order valence-electron chi connectivity index (χ4n) is 2.79. The van der Waals surface area contributed by atoms with Gasteiger partial charge in [0.25, 0.3) is 0 Å². The van der Waals surface area contributed by atoms with E-state index in [4.69, 9.17) is 10.7 Å². The van der Waals surface area contributed by atoms with E-state index in [-0.39, 0.29) is 0 Å². The van der Waals surface area contributed by atoms with Gasteiger partial charge in [0.1, 0.15) is 10.6 Å². The van der Waals surface area contributed by atoms with E-state index in [1.54, 1.807) is 11.3 Å². The van der Waals surface area contributed by atoms with Gasteiger partial charge in [0.15, 0.2) is 5.82 Å². The molecular weight excluding hydrogens is 314 g/mol. The van der Waals surface area contributed by atoms with Crippen LogP contribution < -0.4 is 5.73 Å². The minimum atomic E-state index is 0.548. The molecule has 0 fully saturated rings.